The predicted molar refractivity (Wildman–Crippen MR) is 231 cm³/mol. The van der Waals surface area contributed by atoms with Crippen molar-refractivity contribution in [1.29, 1.82) is 0 Å². The van der Waals surface area contributed by atoms with Crippen molar-refractivity contribution < 1.29 is 61.4 Å². The fraction of sp³-hybridized carbons (Fsp3) is 0.179. The highest BCUT2D eigenvalue weighted by Gasteiger charge is 2.22. The van der Waals surface area contributed by atoms with Crippen LogP contribution < -0.4 is 5.32 Å². The molecule has 6 rings (SSSR count). The van der Waals surface area contributed by atoms with Crippen LogP contribution in [0.3, 0.4) is 0 Å². The van der Waals surface area contributed by atoms with Crippen LogP contribution in [-0.2, 0) is 58.6 Å². The normalized spacial score (nSPS) is 12.0. The first-order valence-corrected chi connectivity index (χ1v) is 24.0. The van der Waals surface area contributed by atoms with Gasteiger partial charge >= 0.3 is 16.6 Å². The van der Waals surface area contributed by atoms with E-state index in [4.69, 9.17) is 17.7 Å². The molecular formula is C39H36N8O14S4. The number of azo groups is 2. The molecule has 5 aromatic carbocycles. The Balaban J connectivity index is 0.00000190. The van der Waals surface area contributed by atoms with Gasteiger partial charge in [0.2, 0.25) is 5.95 Å². The summed E-state index contributed by atoms with van der Waals surface area (Å²) in [4.78, 5) is 22.9. The van der Waals surface area contributed by atoms with Gasteiger partial charge in [0.25, 0.3) is 30.4 Å². The van der Waals surface area contributed by atoms with E-state index in [1.54, 1.807) is 48.5 Å². The molecular weight excluding hydrogens is 933 g/mol. The minimum atomic E-state index is -4.85. The van der Waals surface area contributed by atoms with Crippen LogP contribution in [0.25, 0.3) is 10.8 Å². The summed E-state index contributed by atoms with van der Waals surface area (Å²) in [5.41, 5.74) is 1.75. The summed E-state index contributed by atoms with van der Waals surface area (Å²) in [7, 11) is -17.5. The molecule has 0 amide bonds. The number of hydrogen-bond acceptors (Lipinski definition) is 18. The quantitative estimate of drug-likeness (QED) is 0.0334. The van der Waals surface area contributed by atoms with E-state index in [2.05, 4.69) is 40.7 Å². The number of aliphatic carboxylic acids is 1. The maximum absolute atomic E-state index is 12.5. The van der Waals surface area contributed by atoms with Gasteiger partial charge in [0, 0.05) is 36.6 Å². The Kier molecular flexibility index (Phi) is 16.4. The van der Waals surface area contributed by atoms with Crippen LogP contribution in [0, 0.1) is 0 Å². The molecule has 0 aliphatic rings. The minimum Gasteiger partial charge on any atom is -0.481 e. The number of nitrogens with one attached hydrogen (secondary N) is 1. The van der Waals surface area contributed by atoms with E-state index in [-0.39, 0.29) is 64.6 Å². The molecule has 0 bridgehead atoms. The zero-order valence-corrected chi connectivity index (χ0v) is 36.7. The van der Waals surface area contributed by atoms with Gasteiger partial charge in [-0.15, -0.1) is 12.6 Å². The molecule has 65 heavy (non-hydrogen) atoms. The number of aromatic nitrogens is 3. The molecule has 0 atom stereocenters. The number of carboxylic acids is 1. The summed E-state index contributed by atoms with van der Waals surface area (Å²) >= 11 is 0. The van der Waals surface area contributed by atoms with Crippen LogP contribution in [0.4, 0.5) is 28.7 Å². The van der Waals surface area contributed by atoms with Crippen LogP contribution in [-0.4, -0.2) is 84.1 Å². The van der Waals surface area contributed by atoms with Crippen molar-refractivity contribution in [2.24, 2.45) is 20.5 Å². The lowest BCUT2D eigenvalue weighted by Gasteiger charge is -2.11. The lowest BCUT2D eigenvalue weighted by Crippen LogP contribution is -2.13. The van der Waals surface area contributed by atoms with Crippen molar-refractivity contribution in [3.05, 3.63) is 126 Å². The number of carbonyl (C=O) groups is 1. The summed E-state index contributed by atoms with van der Waals surface area (Å²) in [5, 5.41) is 28.0. The third-order valence-corrected chi connectivity index (χ3v) is 11.6. The molecule has 0 unspecified atom stereocenters. The second-order valence-electron chi connectivity index (χ2n) is 13.6. The van der Waals surface area contributed by atoms with Gasteiger partial charge < -0.3 is 10.4 Å². The summed E-state index contributed by atoms with van der Waals surface area (Å²) in [6.45, 7) is 0.402. The van der Waals surface area contributed by atoms with Gasteiger partial charge in [-0.25, -0.2) is 4.98 Å². The zero-order chi connectivity index (χ0) is 47.4. The van der Waals surface area contributed by atoms with Gasteiger partial charge in [-0.2, -0.15) is 55.7 Å². The molecule has 0 aliphatic carbocycles. The van der Waals surface area contributed by atoms with Crippen molar-refractivity contribution >= 4 is 86.4 Å². The Morgan fingerprint density at radius 1 is 0.554 bits per heavy atom. The smallest absolute Gasteiger partial charge is 0.425 e. The second-order valence-corrected chi connectivity index (χ2v) is 18.2. The number of rotatable bonds is 18. The highest BCUT2D eigenvalue weighted by Crippen LogP contribution is 2.34. The Morgan fingerprint density at radius 2 is 1.11 bits per heavy atom. The number of nitrogens with zero attached hydrogens (tertiary/aromatic N) is 7. The monoisotopic (exact) mass is 968 g/mol. The summed E-state index contributed by atoms with van der Waals surface area (Å²) in [6, 6.07) is 25.3. The molecule has 0 fully saturated rings. The lowest BCUT2D eigenvalue weighted by atomic mass is 10.1. The molecule has 1 aromatic heterocycles. The third-order valence-electron chi connectivity index (χ3n) is 8.83. The highest BCUT2D eigenvalue weighted by atomic mass is 32.2. The molecule has 0 radical (unpaired) electrons. The van der Waals surface area contributed by atoms with Crippen LogP contribution in [0.2, 0.25) is 0 Å². The number of carboxylic acid groups (broad SMARTS) is 1. The van der Waals surface area contributed by atoms with E-state index in [0.717, 1.165) is 12.1 Å². The van der Waals surface area contributed by atoms with E-state index in [9.17, 15) is 43.7 Å². The molecule has 1 heterocycles. The van der Waals surface area contributed by atoms with Gasteiger partial charge in [-0.05, 0) is 78.6 Å². The SMILES string of the molecule is O=C(O)CCCCCNc1nc(Cc2ccc(N=Nc3cc(S(=O)(=O)O)c4cccc(S(=O)(=O)O)c4c3)cc2)nc(Cc2ccc(N=Nc3ccccc3)cc2S(=O)(=O)O)n1.O=S(=O)=O. The molecule has 0 aliphatic heterocycles. The molecule has 5 N–H and O–H groups in total. The lowest BCUT2D eigenvalue weighted by molar-refractivity contribution is -0.137. The van der Waals surface area contributed by atoms with E-state index >= 15 is 0 Å². The molecule has 340 valence electrons. The van der Waals surface area contributed by atoms with Crippen molar-refractivity contribution in [2.45, 2.75) is 53.2 Å². The van der Waals surface area contributed by atoms with Gasteiger partial charge in [0.15, 0.2) is 0 Å². The average molecular weight is 969 g/mol. The first-order chi connectivity index (χ1) is 30.7. The molecule has 6 aromatic rings. The van der Waals surface area contributed by atoms with E-state index in [1.807, 2.05) is 6.07 Å². The van der Waals surface area contributed by atoms with Crippen LogP contribution in [0.5, 0.6) is 0 Å². The Morgan fingerprint density at radius 3 is 1.72 bits per heavy atom. The number of anilines is 1. The largest absolute Gasteiger partial charge is 0.481 e. The fourth-order valence-corrected chi connectivity index (χ4v) is 8.20. The van der Waals surface area contributed by atoms with Crippen LogP contribution in [0.15, 0.2) is 138 Å². The number of unbranched alkanes of at least 4 members (excludes halogenated alkanes) is 2. The van der Waals surface area contributed by atoms with Crippen LogP contribution >= 0.6 is 0 Å². The van der Waals surface area contributed by atoms with Crippen molar-refractivity contribution in [2.75, 3.05) is 11.9 Å². The first-order valence-electron chi connectivity index (χ1n) is 18.7. The van der Waals surface area contributed by atoms with E-state index in [0.29, 0.717) is 42.7 Å². The van der Waals surface area contributed by atoms with E-state index < -0.39 is 61.6 Å². The maximum atomic E-state index is 12.5. The Bertz CT molecular complexity index is 3230. The van der Waals surface area contributed by atoms with Crippen LogP contribution in [0.1, 0.15) is 48.5 Å². The van der Waals surface area contributed by atoms with Gasteiger partial charge in [-0.1, -0.05) is 55.0 Å². The van der Waals surface area contributed by atoms with Crippen molar-refractivity contribution in [3.63, 3.8) is 0 Å². The molecule has 22 nitrogen and oxygen atoms in total. The predicted octanol–water partition coefficient (Wildman–Crippen LogP) is 6.83. The Labute approximate surface area is 372 Å². The zero-order valence-electron chi connectivity index (χ0n) is 33.4. The fourth-order valence-electron chi connectivity index (χ4n) is 6.04. The number of fused-ring (bicyclic) bond motifs is 1. The number of benzene rings is 5. The first kappa shape index (κ1) is 49.2. The topological polar surface area (TPSA) is 352 Å². The average Bonchev–Trinajstić information content (AvgIpc) is 3.22. The molecule has 0 saturated carbocycles. The van der Waals surface area contributed by atoms with Gasteiger partial charge in [0.1, 0.15) is 21.4 Å². The standard InChI is InChI=1S/C39H36N8O11S3.O3S/c48-38(49)12-5-2-6-19-40-39-42-36(41-37(43-39)21-26-15-18-29(23-34(26)60(53,54)55)46-44-27-8-3-1-4-9-27)20-25-13-16-28(17-14-25)45-47-30-22-32-31(35(24-30)61(56,57)58)10-7-11-33(32)59(50,51)52;1-4(2)3/h1,3-4,7-11,13-18,22-24H,2,5-6,12,19-21H2,(H,48,49)(H,50,51,52)(H,53,54,55)(H,56,57,58)(H,40,41,42,43);. The summed E-state index contributed by atoms with van der Waals surface area (Å²) < 4.78 is 129. The molecule has 26 heteroatoms. The molecule has 0 saturated heterocycles. The van der Waals surface area contributed by atoms with Gasteiger partial charge in [0.05, 0.1) is 27.6 Å². The maximum Gasteiger partial charge on any atom is 0.425 e. The summed E-state index contributed by atoms with van der Waals surface area (Å²) in [6.07, 6.45) is 1.80. The van der Waals surface area contributed by atoms with Crippen molar-refractivity contribution in [1.82, 2.24) is 15.0 Å². The van der Waals surface area contributed by atoms with Gasteiger partial charge in [-0.3, -0.25) is 18.5 Å². The third kappa shape index (κ3) is 15.2. The minimum absolute atomic E-state index is 0.0407. The Hall–Kier alpha value is -6.81. The highest BCUT2D eigenvalue weighted by molar-refractivity contribution is 7.86. The second kappa shape index (κ2) is 21.7. The molecule has 0 spiro atoms. The van der Waals surface area contributed by atoms with Crippen molar-refractivity contribution in [3.8, 4) is 0 Å². The van der Waals surface area contributed by atoms with E-state index in [1.165, 1.54) is 36.4 Å². The summed E-state index contributed by atoms with van der Waals surface area (Å²) in [5.74, 6) is -0.243. The number of hydrogen-bond donors (Lipinski definition) is 5.